The first kappa shape index (κ1) is 13.7. The lowest BCUT2D eigenvalue weighted by molar-refractivity contribution is -0.140. The van der Waals surface area contributed by atoms with E-state index in [9.17, 15) is 4.79 Å². The minimum atomic E-state index is -0.158. The summed E-state index contributed by atoms with van der Waals surface area (Å²) in [5, 5.41) is 0. The number of anilines is 2. The van der Waals surface area contributed by atoms with Crippen LogP contribution >= 0.6 is 0 Å². The quantitative estimate of drug-likeness (QED) is 0.488. The monoisotopic (exact) mass is 262 g/mol. The first-order chi connectivity index (χ1) is 8.97. The summed E-state index contributed by atoms with van der Waals surface area (Å²) in [7, 11) is 0. The fraction of sp³-hybridized carbons (Fsp3) is 0.533. The zero-order valence-corrected chi connectivity index (χ0v) is 11.6. The smallest absolute Gasteiger partial charge is 0.314 e. The van der Waals surface area contributed by atoms with Gasteiger partial charge in [-0.3, -0.25) is 4.79 Å². The van der Waals surface area contributed by atoms with Gasteiger partial charge in [0.2, 0.25) is 0 Å². The van der Waals surface area contributed by atoms with E-state index in [1.54, 1.807) is 12.1 Å². The van der Waals surface area contributed by atoms with Crippen LogP contribution in [0.2, 0.25) is 0 Å². The number of nitrogen functional groups attached to an aromatic ring is 2. The molecule has 0 spiro atoms. The van der Waals surface area contributed by atoms with E-state index in [0.29, 0.717) is 17.1 Å². The maximum Gasteiger partial charge on any atom is 0.314 e. The molecule has 0 bridgehead atoms. The third-order valence-corrected chi connectivity index (χ3v) is 4.03. The highest BCUT2D eigenvalue weighted by atomic mass is 16.5. The second-order valence-corrected chi connectivity index (χ2v) is 5.60. The number of rotatable bonds is 2. The molecule has 0 radical (unpaired) electrons. The summed E-state index contributed by atoms with van der Waals surface area (Å²) >= 11 is 0. The van der Waals surface area contributed by atoms with Crippen LogP contribution in [0.15, 0.2) is 12.1 Å². The van der Waals surface area contributed by atoms with Gasteiger partial charge in [0.25, 0.3) is 0 Å². The largest absolute Gasteiger partial charge is 0.426 e. The second kappa shape index (κ2) is 5.51. The molecule has 4 N–H and O–H groups in total. The third-order valence-electron chi connectivity index (χ3n) is 4.03. The summed E-state index contributed by atoms with van der Waals surface area (Å²) in [6.07, 6.45) is 4.02. The van der Waals surface area contributed by atoms with Gasteiger partial charge in [0.15, 0.2) is 0 Å². The van der Waals surface area contributed by atoms with Crippen molar-refractivity contribution in [3.8, 4) is 5.75 Å². The van der Waals surface area contributed by atoms with Gasteiger partial charge in [-0.15, -0.1) is 0 Å². The molecule has 1 aromatic rings. The van der Waals surface area contributed by atoms with Crippen molar-refractivity contribution in [3.63, 3.8) is 0 Å². The van der Waals surface area contributed by atoms with E-state index < -0.39 is 0 Å². The van der Waals surface area contributed by atoms with Crippen molar-refractivity contribution in [2.24, 2.45) is 11.8 Å². The number of ether oxygens (including phenoxy) is 1. The number of carbonyl (C=O) groups excluding carboxylic acids is 1. The van der Waals surface area contributed by atoms with Crippen molar-refractivity contribution in [3.05, 3.63) is 17.7 Å². The van der Waals surface area contributed by atoms with Crippen LogP contribution in [-0.2, 0) is 4.79 Å². The Labute approximate surface area is 114 Å². The van der Waals surface area contributed by atoms with E-state index in [-0.39, 0.29) is 11.9 Å². The number of nitrogens with two attached hydrogens (primary N) is 2. The zero-order chi connectivity index (χ0) is 14.0. The molecule has 0 aromatic heterocycles. The summed E-state index contributed by atoms with van der Waals surface area (Å²) < 4.78 is 5.41. The van der Waals surface area contributed by atoms with Crippen LogP contribution in [0, 0.1) is 18.8 Å². The third kappa shape index (κ3) is 3.19. The molecule has 1 aliphatic carbocycles. The predicted octanol–water partition coefficient (Wildman–Crippen LogP) is 2.89. The molecule has 104 valence electrons. The summed E-state index contributed by atoms with van der Waals surface area (Å²) in [5.41, 5.74) is 13.6. The summed E-state index contributed by atoms with van der Waals surface area (Å²) in [4.78, 5) is 12.1. The second-order valence-electron chi connectivity index (χ2n) is 5.60. The van der Waals surface area contributed by atoms with E-state index in [4.69, 9.17) is 16.2 Å². The first-order valence-corrected chi connectivity index (χ1v) is 6.84. The van der Waals surface area contributed by atoms with Crippen molar-refractivity contribution in [2.75, 3.05) is 11.5 Å². The summed E-state index contributed by atoms with van der Waals surface area (Å²) in [6, 6.07) is 3.32. The molecule has 1 fully saturated rings. The topological polar surface area (TPSA) is 78.3 Å². The molecule has 0 unspecified atom stereocenters. The number of esters is 1. The molecule has 0 aliphatic heterocycles. The zero-order valence-electron chi connectivity index (χ0n) is 11.6. The Morgan fingerprint density at radius 2 is 1.68 bits per heavy atom. The Kier molecular flexibility index (Phi) is 3.98. The van der Waals surface area contributed by atoms with Crippen molar-refractivity contribution >= 4 is 17.3 Å². The van der Waals surface area contributed by atoms with Crippen LogP contribution < -0.4 is 16.2 Å². The maximum atomic E-state index is 12.1. The maximum absolute atomic E-state index is 12.1. The lowest BCUT2D eigenvalue weighted by Gasteiger charge is -2.24. The van der Waals surface area contributed by atoms with Crippen LogP contribution in [0.5, 0.6) is 5.75 Å². The van der Waals surface area contributed by atoms with Crippen molar-refractivity contribution < 1.29 is 9.53 Å². The van der Waals surface area contributed by atoms with E-state index in [2.05, 4.69) is 6.92 Å². The minimum Gasteiger partial charge on any atom is -0.426 e. The average molecular weight is 262 g/mol. The van der Waals surface area contributed by atoms with E-state index in [1.165, 1.54) is 0 Å². The highest BCUT2D eigenvalue weighted by Gasteiger charge is 2.26. The van der Waals surface area contributed by atoms with Gasteiger partial charge in [0, 0.05) is 23.5 Å². The van der Waals surface area contributed by atoms with Gasteiger partial charge < -0.3 is 16.2 Å². The van der Waals surface area contributed by atoms with Crippen LogP contribution in [0.1, 0.15) is 38.2 Å². The Bertz CT molecular complexity index is 454. The average Bonchev–Trinajstić information content (AvgIpc) is 2.36. The van der Waals surface area contributed by atoms with Crippen LogP contribution in [-0.4, -0.2) is 5.97 Å². The molecular formula is C15H22N2O2. The van der Waals surface area contributed by atoms with Crippen molar-refractivity contribution in [1.29, 1.82) is 0 Å². The molecule has 1 aliphatic rings. The molecule has 1 aromatic carbocycles. The highest BCUT2D eigenvalue weighted by molar-refractivity contribution is 5.76. The molecule has 0 saturated heterocycles. The number of benzene rings is 1. The molecule has 0 atom stereocenters. The van der Waals surface area contributed by atoms with Gasteiger partial charge in [0.1, 0.15) is 5.75 Å². The lowest BCUT2D eigenvalue weighted by atomic mass is 9.83. The standard InChI is InChI=1S/C15H22N2O2/c1-9-3-5-11(6-4-9)15(18)19-12-7-13(16)10(2)14(17)8-12/h7-9,11H,3-6,16-17H2,1-2H3. The molecule has 0 heterocycles. The Balaban J connectivity index is 2.03. The molecule has 4 heteroatoms. The number of carbonyl (C=O) groups is 1. The minimum absolute atomic E-state index is 0.0138. The molecule has 4 nitrogen and oxygen atoms in total. The number of hydrogen-bond donors (Lipinski definition) is 2. The van der Waals surface area contributed by atoms with Crippen molar-refractivity contribution in [1.82, 2.24) is 0 Å². The molecular weight excluding hydrogens is 240 g/mol. The number of hydrogen-bond acceptors (Lipinski definition) is 4. The van der Waals surface area contributed by atoms with Crippen LogP contribution in [0.25, 0.3) is 0 Å². The Morgan fingerprint density at radius 1 is 1.16 bits per heavy atom. The Morgan fingerprint density at radius 3 is 2.21 bits per heavy atom. The summed E-state index contributed by atoms with van der Waals surface area (Å²) in [6.45, 7) is 4.07. The Hall–Kier alpha value is -1.71. The normalized spacial score (nSPS) is 23.1. The summed E-state index contributed by atoms with van der Waals surface area (Å²) in [5.74, 6) is 1.02. The van der Waals surface area contributed by atoms with Gasteiger partial charge in [-0.05, 0) is 44.1 Å². The van der Waals surface area contributed by atoms with Crippen LogP contribution in [0.3, 0.4) is 0 Å². The van der Waals surface area contributed by atoms with Gasteiger partial charge in [-0.2, -0.15) is 0 Å². The van der Waals surface area contributed by atoms with E-state index >= 15 is 0 Å². The van der Waals surface area contributed by atoms with Crippen molar-refractivity contribution in [2.45, 2.75) is 39.5 Å². The predicted molar refractivity (Wildman–Crippen MR) is 76.8 cm³/mol. The first-order valence-electron chi connectivity index (χ1n) is 6.84. The molecule has 19 heavy (non-hydrogen) atoms. The lowest BCUT2D eigenvalue weighted by Crippen LogP contribution is -2.25. The van der Waals surface area contributed by atoms with Gasteiger partial charge in [-0.1, -0.05) is 6.92 Å². The van der Waals surface area contributed by atoms with E-state index in [0.717, 1.165) is 37.2 Å². The molecule has 1 saturated carbocycles. The highest BCUT2D eigenvalue weighted by Crippen LogP contribution is 2.31. The van der Waals surface area contributed by atoms with Crippen LogP contribution in [0.4, 0.5) is 11.4 Å². The molecule has 0 amide bonds. The fourth-order valence-electron chi connectivity index (χ4n) is 2.49. The van der Waals surface area contributed by atoms with Gasteiger partial charge >= 0.3 is 5.97 Å². The van der Waals surface area contributed by atoms with Gasteiger partial charge in [0.05, 0.1) is 5.92 Å². The van der Waals surface area contributed by atoms with Gasteiger partial charge in [-0.25, -0.2) is 0 Å². The SMILES string of the molecule is Cc1c(N)cc(OC(=O)C2CCC(C)CC2)cc1N. The molecule has 2 rings (SSSR count). The fourth-order valence-corrected chi connectivity index (χ4v) is 2.49. The van der Waals surface area contributed by atoms with E-state index in [1.807, 2.05) is 6.92 Å².